The van der Waals surface area contributed by atoms with Crippen LogP contribution in [-0.2, 0) is 4.74 Å². The van der Waals surface area contributed by atoms with Gasteiger partial charge in [-0.15, -0.1) is 0 Å². The summed E-state index contributed by atoms with van der Waals surface area (Å²) < 4.78 is 5.37. The molecule has 0 unspecified atom stereocenters. The molecule has 1 N–H and O–H groups in total. The van der Waals surface area contributed by atoms with Crippen LogP contribution in [0.3, 0.4) is 0 Å². The zero-order valence-corrected chi connectivity index (χ0v) is 13.8. The normalized spacial score (nSPS) is 14.6. The average molecular weight is 352 g/mol. The molecule has 1 aliphatic heterocycles. The van der Waals surface area contributed by atoms with Gasteiger partial charge < -0.3 is 15.0 Å². The fraction of sp³-hybridized carbons (Fsp3) is 0.250. The molecule has 0 aliphatic carbocycles. The highest BCUT2D eigenvalue weighted by Crippen LogP contribution is 2.34. The molecule has 2 aromatic rings. The molecule has 23 heavy (non-hydrogen) atoms. The third-order valence-electron chi connectivity index (χ3n) is 3.55. The predicted molar refractivity (Wildman–Crippen MR) is 91.7 cm³/mol. The Hall–Kier alpha value is -1.82. The lowest BCUT2D eigenvalue weighted by Crippen LogP contribution is -2.37. The Morgan fingerprint density at radius 2 is 2.00 bits per heavy atom. The summed E-state index contributed by atoms with van der Waals surface area (Å²) in [6.45, 7) is 2.73. The van der Waals surface area contributed by atoms with Crippen LogP contribution in [0.25, 0.3) is 0 Å². The van der Waals surface area contributed by atoms with Gasteiger partial charge in [0.05, 0.1) is 29.6 Å². The van der Waals surface area contributed by atoms with Gasteiger partial charge in [0, 0.05) is 24.8 Å². The van der Waals surface area contributed by atoms with Crippen molar-refractivity contribution in [2.45, 2.75) is 0 Å². The highest BCUT2D eigenvalue weighted by Gasteiger charge is 2.19. The summed E-state index contributed by atoms with van der Waals surface area (Å²) in [6.07, 6.45) is 1.50. The highest BCUT2D eigenvalue weighted by atomic mass is 35.5. The van der Waals surface area contributed by atoms with Crippen LogP contribution in [0.1, 0.15) is 10.4 Å². The van der Waals surface area contributed by atoms with Crippen LogP contribution < -0.4 is 10.2 Å². The highest BCUT2D eigenvalue weighted by molar-refractivity contribution is 6.34. The summed E-state index contributed by atoms with van der Waals surface area (Å²) in [5, 5.41) is 3.77. The van der Waals surface area contributed by atoms with E-state index >= 15 is 0 Å². The topological polar surface area (TPSA) is 54.5 Å². The third-order valence-corrected chi connectivity index (χ3v) is 4.06. The number of anilines is 2. The second-order valence-corrected chi connectivity index (χ2v) is 5.85. The first-order valence-corrected chi connectivity index (χ1v) is 7.95. The summed E-state index contributed by atoms with van der Waals surface area (Å²) in [7, 11) is 0. The van der Waals surface area contributed by atoms with Crippen molar-refractivity contribution in [3.05, 3.63) is 52.3 Å². The molecule has 3 rings (SSSR count). The molecule has 1 aliphatic rings. The monoisotopic (exact) mass is 351 g/mol. The standard InChI is InChI=1S/C16H15Cl2N3O2/c17-12-2-1-3-13(15(12)21-6-8-23-9-7-21)20-16(22)11-4-5-19-14(18)10-11/h1-5,10H,6-9H2,(H,20,22). The number of pyridine rings is 1. The molecule has 120 valence electrons. The van der Waals surface area contributed by atoms with Gasteiger partial charge in [-0.25, -0.2) is 4.98 Å². The number of hydrogen-bond donors (Lipinski definition) is 1. The minimum absolute atomic E-state index is 0.258. The third kappa shape index (κ3) is 3.75. The summed E-state index contributed by atoms with van der Waals surface area (Å²) in [5.41, 5.74) is 1.92. The number of nitrogens with one attached hydrogen (secondary N) is 1. The van der Waals surface area contributed by atoms with Crippen LogP contribution in [0.5, 0.6) is 0 Å². The van der Waals surface area contributed by atoms with Crippen molar-refractivity contribution in [1.82, 2.24) is 4.98 Å². The molecular formula is C16H15Cl2N3O2. The maximum Gasteiger partial charge on any atom is 0.255 e. The summed E-state index contributed by atoms with van der Waals surface area (Å²) in [6, 6.07) is 8.58. The Balaban J connectivity index is 1.87. The zero-order valence-electron chi connectivity index (χ0n) is 12.3. The molecule has 0 radical (unpaired) electrons. The van der Waals surface area contributed by atoms with E-state index < -0.39 is 0 Å². The van der Waals surface area contributed by atoms with Crippen molar-refractivity contribution in [3.63, 3.8) is 0 Å². The first kappa shape index (κ1) is 16.1. The maximum atomic E-state index is 12.4. The molecule has 1 aromatic carbocycles. The lowest BCUT2D eigenvalue weighted by atomic mass is 10.2. The van der Waals surface area contributed by atoms with Gasteiger partial charge in [0.15, 0.2) is 0 Å². The van der Waals surface area contributed by atoms with Crippen LogP contribution in [0.4, 0.5) is 11.4 Å². The molecule has 1 aromatic heterocycles. The van der Waals surface area contributed by atoms with E-state index in [-0.39, 0.29) is 11.1 Å². The summed E-state index contributed by atoms with van der Waals surface area (Å²) in [4.78, 5) is 18.4. The first-order chi connectivity index (χ1) is 11.1. The number of amides is 1. The number of aromatic nitrogens is 1. The number of morpholine rings is 1. The minimum atomic E-state index is -0.258. The molecule has 1 amide bonds. The van der Waals surface area contributed by atoms with Gasteiger partial charge in [-0.1, -0.05) is 29.3 Å². The quantitative estimate of drug-likeness (QED) is 0.860. The first-order valence-electron chi connectivity index (χ1n) is 7.19. The van der Waals surface area contributed by atoms with Crippen LogP contribution in [0, 0.1) is 0 Å². The van der Waals surface area contributed by atoms with Crippen LogP contribution in [0.2, 0.25) is 10.2 Å². The predicted octanol–water partition coefficient (Wildman–Crippen LogP) is 3.48. The van der Waals surface area contributed by atoms with Crippen molar-refractivity contribution in [2.75, 3.05) is 36.5 Å². The van der Waals surface area contributed by atoms with E-state index in [9.17, 15) is 4.79 Å². The lowest BCUT2D eigenvalue weighted by molar-refractivity contribution is 0.102. The lowest BCUT2D eigenvalue weighted by Gasteiger charge is -2.31. The Labute approximate surface area is 144 Å². The number of carbonyl (C=O) groups excluding carboxylic acids is 1. The van der Waals surface area contributed by atoms with Crippen molar-refractivity contribution >= 4 is 40.5 Å². The smallest absolute Gasteiger partial charge is 0.255 e. The number of ether oxygens (including phenoxy) is 1. The van der Waals surface area contributed by atoms with E-state index in [1.54, 1.807) is 12.1 Å². The fourth-order valence-electron chi connectivity index (χ4n) is 2.46. The number of rotatable bonds is 3. The number of para-hydroxylation sites is 1. The molecule has 2 heterocycles. The van der Waals surface area contributed by atoms with Gasteiger partial charge in [-0.2, -0.15) is 0 Å². The fourth-order valence-corrected chi connectivity index (χ4v) is 2.93. The molecule has 1 fully saturated rings. The second kappa shape index (κ2) is 7.17. The molecule has 5 nitrogen and oxygen atoms in total. The van der Waals surface area contributed by atoms with Crippen LogP contribution in [-0.4, -0.2) is 37.2 Å². The minimum Gasteiger partial charge on any atom is -0.378 e. The Kier molecular flexibility index (Phi) is 5.00. The van der Waals surface area contributed by atoms with Gasteiger partial charge in [0.25, 0.3) is 5.91 Å². The van der Waals surface area contributed by atoms with E-state index in [0.717, 1.165) is 18.8 Å². The van der Waals surface area contributed by atoms with Crippen LogP contribution in [0.15, 0.2) is 36.5 Å². The number of nitrogens with zero attached hydrogens (tertiary/aromatic N) is 2. The molecule has 0 spiro atoms. The van der Waals surface area contributed by atoms with Gasteiger partial charge >= 0.3 is 0 Å². The Bertz CT molecular complexity index is 718. The van der Waals surface area contributed by atoms with Crippen molar-refractivity contribution in [3.8, 4) is 0 Å². The Morgan fingerprint density at radius 3 is 2.74 bits per heavy atom. The molecule has 0 saturated carbocycles. The van der Waals surface area contributed by atoms with Crippen molar-refractivity contribution < 1.29 is 9.53 Å². The SMILES string of the molecule is O=C(Nc1cccc(Cl)c1N1CCOCC1)c1ccnc(Cl)c1. The van der Waals surface area contributed by atoms with Crippen molar-refractivity contribution in [1.29, 1.82) is 0 Å². The van der Waals surface area contributed by atoms with E-state index in [0.29, 0.717) is 29.5 Å². The van der Waals surface area contributed by atoms with E-state index in [1.807, 2.05) is 12.1 Å². The number of hydrogen-bond acceptors (Lipinski definition) is 4. The summed E-state index contributed by atoms with van der Waals surface area (Å²) >= 11 is 12.2. The van der Waals surface area contributed by atoms with E-state index in [2.05, 4.69) is 15.2 Å². The molecule has 1 saturated heterocycles. The van der Waals surface area contributed by atoms with Crippen molar-refractivity contribution in [2.24, 2.45) is 0 Å². The number of carbonyl (C=O) groups is 1. The second-order valence-electron chi connectivity index (χ2n) is 5.06. The van der Waals surface area contributed by atoms with Gasteiger partial charge in [0.2, 0.25) is 0 Å². The Morgan fingerprint density at radius 1 is 1.22 bits per heavy atom. The molecule has 0 bridgehead atoms. The molecular weight excluding hydrogens is 337 g/mol. The van der Waals surface area contributed by atoms with E-state index in [4.69, 9.17) is 27.9 Å². The zero-order chi connectivity index (χ0) is 16.2. The van der Waals surface area contributed by atoms with Gasteiger partial charge in [0.1, 0.15) is 5.15 Å². The maximum absolute atomic E-state index is 12.4. The van der Waals surface area contributed by atoms with Crippen LogP contribution >= 0.6 is 23.2 Å². The average Bonchev–Trinajstić information content (AvgIpc) is 2.56. The largest absolute Gasteiger partial charge is 0.378 e. The van der Waals surface area contributed by atoms with E-state index in [1.165, 1.54) is 12.3 Å². The summed E-state index contributed by atoms with van der Waals surface area (Å²) in [5.74, 6) is -0.258. The van der Waals surface area contributed by atoms with Gasteiger partial charge in [-0.3, -0.25) is 4.79 Å². The molecule has 7 heteroatoms. The number of halogens is 2. The molecule has 0 atom stereocenters. The number of benzene rings is 1. The van der Waals surface area contributed by atoms with Gasteiger partial charge in [-0.05, 0) is 24.3 Å².